The van der Waals surface area contributed by atoms with E-state index in [-0.39, 0.29) is 24.1 Å². The number of halogens is 1. The summed E-state index contributed by atoms with van der Waals surface area (Å²) in [6, 6.07) is 11.0. The lowest BCUT2D eigenvalue weighted by atomic mass is 10.2. The van der Waals surface area contributed by atoms with Crippen LogP contribution >= 0.6 is 22.9 Å². The van der Waals surface area contributed by atoms with Crippen LogP contribution in [-0.4, -0.2) is 21.6 Å². The topological polar surface area (TPSA) is 89.2 Å². The van der Waals surface area contributed by atoms with E-state index < -0.39 is 0 Å². The van der Waals surface area contributed by atoms with Gasteiger partial charge in [0.25, 0.3) is 11.8 Å². The molecular weight excluding hydrogens is 400 g/mol. The van der Waals surface area contributed by atoms with Crippen molar-refractivity contribution in [3.63, 3.8) is 0 Å². The molecule has 7 nitrogen and oxygen atoms in total. The van der Waals surface area contributed by atoms with Gasteiger partial charge in [-0.3, -0.25) is 14.3 Å². The summed E-state index contributed by atoms with van der Waals surface area (Å²) >= 11 is 7.67. The fourth-order valence-corrected chi connectivity index (χ4v) is 4.21. The molecule has 0 saturated heterocycles. The summed E-state index contributed by atoms with van der Waals surface area (Å²) < 4.78 is 7.53. The number of furan rings is 1. The first-order valence-corrected chi connectivity index (χ1v) is 9.55. The summed E-state index contributed by atoms with van der Waals surface area (Å²) in [6.45, 7) is 0.229. The summed E-state index contributed by atoms with van der Waals surface area (Å²) in [6.07, 6.45) is 2.97. The maximum absolute atomic E-state index is 12.8. The third-order valence-corrected chi connectivity index (χ3v) is 5.82. The Balaban J connectivity index is 1.55. The van der Waals surface area contributed by atoms with Gasteiger partial charge in [0.1, 0.15) is 16.3 Å². The minimum atomic E-state index is -0.390. The lowest BCUT2D eigenvalue weighted by Gasteiger charge is -2.08. The number of amides is 2. The molecule has 0 saturated carbocycles. The Morgan fingerprint density at radius 2 is 2.04 bits per heavy atom. The van der Waals surface area contributed by atoms with Gasteiger partial charge in [0, 0.05) is 17.1 Å². The van der Waals surface area contributed by atoms with Gasteiger partial charge in [-0.2, -0.15) is 5.10 Å². The molecule has 0 aliphatic carbocycles. The van der Waals surface area contributed by atoms with Crippen molar-refractivity contribution >= 4 is 50.5 Å². The summed E-state index contributed by atoms with van der Waals surface area (Å²) in [5.41, 5.74) is 0.537. The standard InChI is InChI=1S/C19H15ClN4O3S/c1-24-16(18(25)21-9-11-5-4-8-27-11)13(10-22-24)23-19(26)17-15(20)12-6-2-3-7-14(12)28-17/h2-8,10H,9H2,1H3,(H,21,25)(H,23,26). The number of benzene rings is 1. The number of carbonyl (C=O) groups excluding carboxylic acids is 2. The number of thiophene rings is 1. The highest BCUT2D eigenvalue weighted by Gasteiger charge is 2.22. The lowest BCUT2D eigenvalue weighted by molar-refractivity contribution is 0.0939. The number of rotatable bonds is 5. The van der Waals surface area contributed by atoms with Crippen LogP contribution in [0.4, 0.5) is 5.69 Å². The fourth-order valence-electron chi connectivity index (χ4n) is 2.80. The maximum atomic E-state index is 12.8. The van der Waals surface area contributed by atoms with E-state index in [0.717, 1.165) is 10.1 Å². The van der Waals surface area contributed by atoms with Crippen molar-refractivity contribution < 1.29 is 14.0 Å². The minimum absolute atomic E-state index is 0.229. The molecule has 3 heterocycles. The highest BCUT2D eigenvalue weighted by molar-refractivity contribution is 7.21. The van der Waals surface area contributed by atoms with E-state index in [9.17, 15) is 9.59 Å². The number of aryl methyl sites for hydroxylation is 1. The average molecular weight is 415 g/mol. The van der Waals surface area contributed by atoms with Crippen molar-refractivity contribution in [1.29, 1.82) is 0 Å². The number of hydrogen-bond donors (Lipinski definition) is 2. The second kappa shape index (κ2) is 7.49. The highest BCUT2D eigenvalue weighted by Crippen LogP contribution is 2.35. The van der Waals surface area contributed by atoms with Crippen LogP contribution in [-0.2, 0) is 13.6 Å². The summed E-state index contributed by atoms with van der Waals surface area (Å²) in [5, 5.41) is 10.8. The zero-order chi connectivity index (χ0) is 19.7. The Hall–Kier alpha value is -3.10. The second-order valence-corrected chi connectivity index (χ2v) is 7.42. The Morgan fingerprint density at radius 1 is 1.21 bits per heavy atom. The van der Waals surface area contributed by atoms with Gasteiger partial charge in [0.15, 0.2) is 0 Å². The van der Waals surface area contributed by atoms with Crippen LogP contribution < -0.4 is 10.6 Å². The average Bonchev–Trinajstić information content (AvgIpc) is 3.40. The largest absolute Gasteiger partial charge is 0.467 e. The molecule has 1 aromatic carbocycles. The van der Waals surface area contributed by atoms with Crippen molar-refractivity contribution in [2.75, 3.05) is 5.32 Å². The Labute approximate surface area is 168 Å². The first-order chi connectivity index (χ1) is 13.5. The van der Waals surface area contributed by atoms with Crippen molar-refractivity contribution in [3.05, 3.63) is 70.2 Å². The number of nitrogens with zero attached hydrogens (tertiary/aromatic N) is 2. The minimum Gasteiger partial charge on any atom is -0.467 e. The highest BCUT2D eigenvalue weighted by atomic mass is 35.5. The van der Waals surface area contributed by atoms with E-state index in [2.05, 4.69) is 15.7 Å². The predicted molar refractivity (Wildman–Crippen MR) is 108 cm³/mol. The van der Waals surface area contributed by atoms with Crippen molar-refractivity contribution in [1.82, 2.24) is 15.1 Å². The molecule has 2 amide bonds. The van der Waals surface area contributed by atoms with E-state index in [1.807, 2.05) is 24.3 Å². The molecule has 0 bridgehead atoms. The molecule has 28 heavy (non-hydrogen) atoms. The third-order valence-electron chi connectivity index (χ3n) is 4.15. The van der Waals surface area contributed by atoms with Crippen LogP contribution in [0, 0.1) is 0 Å². The van der Waals surface area contributed by atoms with E-state index >= 15 is 0 Å². The SMILES string of the molecule is Cn1ncc(NC(=O)c2sc3ccccc3c2Cl)c1C(=O)NCc1ccco1. The number of hydrogen-bond acceptors (Lipinski definition) is 5. The zero-order valence-electron chi connectivity index (χ0n) is 14.7. The van der Waals surface area contributed by atoms with Crippen molar-refractivity contribution in [2.24, 2.45) is 7.05 Å². The van der Waals surface area contributed by atoms with Gasteiger partial charge < -0.3 is 15.1 Å². The Kier molecular flexibility index (Phi) is 4.89. The summed E-state index contributed by atoms with van der Waals surface area (Å²) in [5.74, 6) is -0.147. The number of nitrogens with one attached hydrogen (secondary N) is 2. The van der Waals surface area contributed by atoms with E-state index in [4.69, 9.17) is 16.0 Å². The van der Waals surface area contributed by atoms with E-state index in [1.165, 1.54) is 28.5 Å². The molecule has 2 N–H and O–H groups in total. The van der Waals surface area contributed by atoms with E-state index in [0.29, 0.717) is 21.3 Å². The van der Waals surface area contributed by atoms with Gasteiger partial charge >= 0.3 is 0 Å². The molecule has 9 heteroatoms. The Morgan fingerprint density at radius 3 is 2.79 bits per heavy atom. The van der Waals surface area contributed by atoms with Crippen LogP contribution in [0.1, 0.15) is 25.9 Å². The fraction of sp³-hybridized carbons (Fsp3) is 0.105. The first kappa shape index (κ1) is 18.3. The molecule has 4 aromatic rings. The first-order valence-electron chi connectivity index (χ1n) is 8.35. The monoisotopic (exact) mass is 414 g/mol. The van der Waals surface area contributed by atoms with Gasteiger partial charge in [0.2, 0.25) is 0 Å². The molecule has 0 spiro atoms. The number of carbonyl (C=O) groups is 2. The van der Waals surface area contributed by atoms with Crippen molar-refractivity contribution in [3.8, 4) is 0 Å². The number of aromatic nitrogens is 2. The molecule has 142 valence electrons. The summed E-state index contributed by atoms with van der Waals surface area (Å²) in [7, 11) is 1.63. The van der Waals surface area contributed by atoms with Gasteiger partial charge in [-0.15, -0.1) is 11.3 Å². The predicted octanol–water partition coefficient (Wildman–Crippen LogP) is 4.06. The molecule has 0 aliphatic rings. The number of anilines is 1. The van der Waals surface area contributed by atoms with Crippen LogP contribution in [0.2, 0.25) is 5.02 Å². The maximum Gasteiger partial charge on any atom is 0.272 e. The van der Waals surface area contributed by atoms with Gasteiger partial charge in [-0.25, -0.2) is 0 Å². The molecule has 0 aliphatic heterocycles. The quantitative estimate of drug-likeness (QED) is 0.515. The van der Waals surface area contributed by atoms with Gasteiger partial charge in [-0.05, 0) is 18.2 Å². The smallest absolute Gasteiger partial charge is 0.272 e. The molecule has 0 unspecified atom stereocenters. The molecule has 0 atom stereocenters. The van der Waals surface area contributed by atoms with Gasteiger partial charge in [-0.1, -0.05) is 29.8 Å². The Bertz CT molecular complexity index is 1160. The number of fused-ring (bicyclic) bond motifs is 1. The molecule has 0 radical (unpaired) electrons. The van der Waals surface area contributed by atoms with E-state index in [1.54, 1.807) is 19.2 Å². The molecule has 0 fully saturated rings. The van der Waals surface area contributed by atoms with Crippen LogP contribution in [0.25, 0.3) is 10.1 Å². The normalized spacial score (nSPS) is 10.9. The molecular formula is C19H15ClN4O3S. The van der Waals surface area contributed by atoms with Crippen LogP contribution in [0.5, 0.6) is 0 Å². The lowest BCUT2D eigenvalue weighted by Crippen LogP contribution is -2.26. The second-order valence-electron chi connectivity index (χ2n) is 5.99. The van der Waals surface area contributed by atoms with Crippen LogP contribution in [0.15, 0.2) is 53.3 Å². The van der Waals surface area contributed by atoms with Crippen molar-refractivity contribution in [2.45, 2.75) is 6.54 Å². The summed E-state index contributed by atoms with van der Waals surface area (Å²) in [4.78, 5) is 25.7. The molecule has 3 aromatic heterocycles. The zero-order valence-corrected chi connectivity index (χ0v) is 16.3. The molecule has 4 rings (SSSR count). The third kappa shape index (κ3) is 3.39. The van der Waals surface area contributed by atoms with Crippen LogP contribution in [0.3, 0.4) is 0 Å². The van der Waals surface area contributed by atoms with Gasteiger partial charge in [0.05, 0.1) is 29.7 Å².